The Balaban J connectivity index is 2.09. The molecule has 0 aliphatic rings. The first-order valence-corrected chi connectivity index (χ1v) is 7.21. The van der Waals surface area contributed by atoms with E-state index in [4.69, 9.17) is 10.5 Å². The van der Waals surface area contributed by atoms with Crippen molar-refractivity contribution >= 4 is 15.9 Å². The van der Waals surface area contributed by atoms with Crippen molar-refractivity contribution in [2.45, 2.75) is 25.8 Å². The maximum atomic E-state index is 13.6. The van der Waals surface area contributed by atoms with Crippen LogP contribution in [0.1, 0.15) is 18.9 Å². The van der Waals surface area contributed by atoms with Crippen molar-refractivity contribution in [1.29, 1.82) is 0 Å². The highest BCUT2D eigenvalue weighted by Crippen LogP contribution is 2.26. The van der Waals surface area contributed by atoms with Crippen LogP contribution < -0.4 is 10.5 Å². The van der Waals surface area contributed by atoms with Crippen LogP contribution in [0, 0.1) is 5.82 Å². The minimum absolute atomic E-state index is 0.131. The number of hydrogen-bond acceptors (Lipinski definition) is 3. The Hall–Kier alpha value is -1.46. The first kappa shape index (κ1) is 14.9. The molecule has 1 heterocycles. The van der Waals surface area contributed by atoms with E-state index in [1.165, 1.54) is 6.07 Å². The number of halogens is 2. The molecule has 2 rings (SSSR count). The highest BCUT2D eigenvalue weighted by atomic mass is 79.9. The minimum Gasteiger partial charge on any atom is -0.436 e. The van der Waals surface area contributed by atoms with Crippen LogP contribution in [0.25, 0.3) is 0 Å². The molecule has 0 aliphatic heterocycles. The summed E-state index contributed by atoms with van der Waals surface area (Å²) in [6, 6.07) is 8.27. The van der Waals surface area contributed by atoms with Crippen molar-refractivity contribution < 1.29 is 9.13 Å². The van der Waals surface area contributed by atoms with Gasteiger partial charge in [0.2, 0.25) is 5.88 Å². The van der Waals surface area contributed by atoms with Crippen LogP contribution in [0.5, 0.6) is 11.6 Å². The standard InChI is InChI=1S/C15H16BrFN2O/c1-2-12(18)7-10-3-6-15(19-9-10)20-14-8-11(16)4-5-13(14)17/h3-6,8-9,12H,2,7,18H2,1H3. The molecule has 1 atom stereocenters. The zero-order valence-electron chi connectivity index (χ0n) is 11.1. The second-order valence-corrected chi connectivity index (χ2v) is 5.47. The predicted molar refractivity (Wildman–Crippen MR) is 80.4 cm³/mol. The van der Waals surface area contributed by atoms with Crippen LogP contribution in [0.15, 0.2) is 41.0 Å². The normalized spacial score (nSPS) is 12.2. The van der Waals surface area contributed by atoms with Crippen molar-refractivity contribution in [3.05, 3.63) is 52.4 Å². The van der Waals surface area contributed by atoms with Crippen molar-refractivity contribution in [1.82, 2.24) is 4.98 Å². The van der Waals surface area contributed by atoms with Gasteiger partial charge >= 0.3 is 0 Å². The zero-order chi connectivity index (χ0) is 14.5. The SMILES string of the molecule is CCC(N)Cc1ccc(Oc2cc(Br)ccc2F)nc1. The number of pyridine rings is 1. The molecule has 2 N–H and O–H groups in total. The molecule has 20 heavy (non-hydrogen) atoms. The highest BCUT2D eigenvalue weighted by molar-refractivity contribution is 9.10. The van der Waals surface area contributed by atoms with Crippen LogP contribution in [0.4, 0.5) is 4.39 Å². The van der Waals surface area contributed by atoms with Gasteiger partial charge in [0, 0.05) is 22.8 Å². The number of aromatic nitrogens is 1. The summed E-state index contributed by atoms with van der Waals surface area (Å²) in [6.45, 7) is 2.05. The van der Waals surface area contributed by atoms with Crippen LogP contribution in [0.3, 0.4) is 0 Å². The van der Waals surface area contributed by atoms with Gasteiger partial charge in [0.25, 0.3) is 0 Å². The Labute approximate surface area is 126 Å². The molecule has 0 amide bonds. The van der Waals surface area contributed by atoms with Gasteiger partial charge in [-0.1, -0.05) is 28.9 Å². The van der Waals surface area contributed by atoms with Crippen molar-refractivity contribution in [3.63, 3.8) is 0 Å². The Bertz CT molecular complexity index is 575. The summed E-state index contributed by atoms with van der Waals surface area (Å²) >= 11 is 3.28. The second-order valence-electron chi connectivity index (χ2n) is 4.55. The monoisotopic (exact) mass is 338 g/mol. The summed E-state index contributed by atoms with van der Waals surface area (Å²) < 4.78 is 19.7. The quantitative estimate of drug-likeness (QED) is 0.894. The van der Waals surface area contributed by atoms with Crippen LogP contribution in [-0.4, -0.2) is 11.0 Å². The zero-order valence-corrected chi connectivity index (χ0v) is 12.7. The van der Waals surface area contributed by atoms with Crippen molar-refractivity contribution in [3.8, 4) is 11.6 Å². The van der Waals surface area contributed by atoms with Gasteiger partial charge < -0.3 is 10.5 Å². The van der Waals surface area contributed by atoms with Crippen molar-refractivity contribution in [2.24, 2.45) is 5.73 Å². The van der Waals surface area contributed by atoms with Gasteiger partial charge in [-0.05, 0) is 36.6 Å². The predicted octanol–water partition coefficient (Wildman–Crippen LogP) is 4.06. The number of rotatable bonds is 5. The summed E-state index contributed by atoms with van der Waals surface area (Å²) in [5.74, 6) is 0.0767. The maximum absolute atomic E-state index is 13.6. The van der Waals surface area contributed by atoms with E-state index in [2.05, 4.69) is 20.9 Å². The molecule has 3 nitrogen and oxygen atoms in total. The lowest BCUT2D eigenvalue weighted by molar-refractivity contribution is 0.426. The molecule has 0 bridgehead atoms. The molecule has 0 saturated carbocycles. The van der Waals surface area contributed by atoms with E-state index in [0.29, 0.717) is 5.88 Å². The lowest BCUT2D eigenvalue weighted by atomic mass is 10.1. The average molecular weight is 339 g/mol. The molecule has 0 spiro atoms. The molecular weight excluding hydrogens is 323 g/mol. The van der Waals surface area contributed by atoms with Gasteiger partial charge in [-0.2, -0.15) is 0 Å². The van der Waals surface area contributed by atoms with Gasteiger partial charge in [0.05, 0.1) is 0 Å². The third-order valence-corrected chi connectivity index (χ3v) is 3.42. The van der Waals surface area contributed by atoms with Crippen LogP contribution in [0.2, 0.25) is 0 Å². The molecule has 0 fully saturated rings. The number of nitrogens with zero attached hydrogens (tertiary/aromatic N) is 1. The van der Waals surface area contributed by atoms with E-state index in [9.17, 15) is 4.39 Å². The molecule has 2 aromatic rings. The topological polar surface area (TPSA) is 48.1 Å². The number of ether oxygens (including phenoxy) is 1. The Morgan fingerprint density at radius 2 is 2.15 bits per heavy atom. The second kappa shape index (κ2) is 6.81. The fourth-order valence-corrected chi connectivity index (χ4v) is 2.05. The third kappa shape index (κ3) is 4.02. The molecule has 1 unspecified atom stereocenters. The Morgan fingerprint density at radius 3 is 2.80 bits per heavy atom. The maximum Gasteiger partial charge on any atom is 0.219 e. The molecule has 5 heteroatoms. The largest absolute Gasteiger partial charge is 0.436 e. The van der Waals surface area contributed by atoms with Crippen molar-refractivity contribution in [2.75, 3.05) is 0 Å². The number of benzene rings is 1. The van der Waals surface area contributed by atoms with Gasteiger partial charge in [-0.25, -0.2) is 9.37 Å². The Kier molecular flexibility index (Phi) is 5.09. The highest BCUT2D eigenvalue weighted by Gasteiger charge is 2.07. The molecular formula is C15H16BrFN2O. The molecule has 1 aromatic heterocycles. The van der Waals surface area contributed by atoms with E-state index in [0.717, 1.165) is 22.9 Å². The summed E-state index contributed by atoms with van der Waals surface area (Å²) in [7, 11) is 0. The van der Waals surface area contributed by atoms with Gasteiger partial charge in [0.1, 0.15) is 0 Å². The lowest BCUT2D eigenvalue weighted by Gasteiger charge is -2.09. The smallest absolute Gasteiger partial charge is 0.219 e. The summed E-state index contributed by atoms with van der Waals surface area (Å²) in [5, 5.41) is 0. The minimum atomic E-state index is -0.424. The molecule has 0 saturated heterocycles. The van der Waals surface area contributed by atoms with Crippen LogP contribution in [-0.2, 0) is 6.42 Å². The Morgan fingerprint density at radius 1 is 1.35 bits per heavy atom. The van der Waals surface area contributed by atoms with E-state index in [1.54, 1.807) is 24.4 Å². The average Bonchev–Trinajstić information content (AvgIpc) is 2.45. The first-order chi connectivity index (χ1) is 9.58. The molecule has 0 radical (unpaired) electrons. The van der Waals surface area contributed by atoms with E-state index in [-0.39, 0.29) is 11.8 Å². The van der Waals surface area contributed by atoms with E-state index < -0.39 is 5.82 Å². The summed E-state index contributed by atoms with van der Waals surface area (Å²) in [6.07, 6.45) is 3.40. The fraction of sp³-hybridized carbons (Fsp3) is 0.267. The van der Waals surface area contributed by atoms with Gasteiger partial charge in [-0.3, -0.25) is 0 Å². The number of hydrogen-bond donors (Lipinski definition) is 1. The third-order valence-electron chi connectivity index (χ3n) is 2.93. The number of nitrogens with two attached hydrogens (primary N) is 1. The van der Waals surface area contributed by atoms with E-state index >= 15 is 0 Å². The molecule has 1 aromatic carbocycles. The fourth-order valence-electron chi connectivity index (χ4n) is 1.71. The molecule has 106 valence electrons. The summed E-state index contributed by atoms with van der Waals surface area (Å²) in [4.78, 5) is 4.17. The van der Waals surface area contributed by atoms with Crippen LogP contribution >= 0.6 is 15.9 Å². The van der Waals surface area contributed by atoms with E-state index in [1.807, 2.05) is 13.0 Å². The summed E-state index contributed by atoms with van der Waals surface area (Å²) in [5.41, 5.74) is 6.93. The van der Waals surface area contributed by atoms with Gasteiger partial charge in [0.15, 0.2) is 11.6 Å². The lowest BCUT2D eigenvalue weighted by Crippen LogP contribution is -2.21. The first-order valence-electron chi connectivity index (χ1n) is 6.42. The van der Waals surface area contributed by atoms with Gasteiger partial charge in [-0.15, -0.1) is 0 Å². The molecule has 0 aliphatic carbocycles.